The van der Waals surface area contributed by atoms with Crippen LogP contribution in [0.4, 0.5) is 24.5 Å². The van der Waals surface area contributed by atoms with E-state index in [4.69, 9.17) is 4.74 Å². The van der Waals surface area contributed by atoms with Gasteiger partial charge < -0.3 is 14.5 Å². The average molecular weight is 484 g/mol. The molecule has 0 unspecified atom stereocenters. The van der Waals surface area contributed by atoms with Crippen molar-refractivity contribution in [1.29, 1.82) is 0 Å². The normalized spacial score (nSPS) is 19.2. The molecule has 1 fully saturated rings. The minimum atomic E-state index is -4.42. The van der Waals surface area contributed by atoms with Crippen molar-refractivity contribution in [1.82, 2.24) is 4.90 Å². The molecule has 0 N–H and O–H groups in total. The highest BCUT2D eigenvalue weighted by Crippen LogP contribution is 2.36. The Labute approximate surface area is 190 Å². The molecular weight excluding hydrogens is 459 g/mol. The van der Waals surface area contributed by atoms with Crippen molar-refractivity contribution in [2.45, 2.75) is 19.2 Å². The van der Waals surface area contributed by atoms with Crippen LogP contribution in [0.2, 0.25) is 0 Å². The first-order valence-electron chi connectivity index (χ1n) is 10.6. The number of halogens is 3. The molecule has 1 amide bonds. The quantitative estimate of drug-likeness (QED) is 0.669. The lowest BCUT2D eigenvalue weighted by atomic mass is 10.1. The Morgan fingerprint density at radius 2 is 1.76 bits per heavy atom. The number of amides is 1. The van der Waals surface area contributed by atoms with E-state index in [-0.39, 0.29) is 31.3 Å². The van der Waals surface area contributed by atoms with E-state index < -0.39 is 27.9 Å². The van der Waals surface area contributed by atoms with Gasteiger partial charge in [0.05, 0.1) is 23.5 Å². The van der Waals surface area contributed by atoms with Gasteiger partial charge in [0.15, 0.2) is 6.10 Å². The van der Waals surface area contributed by atoms with Crippen molar-refractivity contribution in [3.63, 3.8) is 0 Å². The molecule has 0 aliphatic carbocycles. The first-order valence-corrected chi connectivity index (χ1v) is 12.2. The van der Waals surface area contributed by atoms with E-state index in [0.717, 1.165) is 12.1 Å². The molecule has 1 atom stereocenters. The smallest absolute Gasteiger partial charge is 0.416 e. The third-order valence-electron chi connectivity index (χ3n) is 5.84. The minimum absolute atomic E-state index is 0.113. The van der Waals surface area contributed by atoms with Crippen LogP contribution in [-0.4, -0.2) is 63.8 Å². The first-order chi connectivity index (χ1) is 15.6. The van der Waals surface area contributed by atoms with Crippen LogP contribution in [0, 0.1) is 0 Å². The molecule has 0 radical (unpaired) electrons. The molecule has 11 heteroatoms. The standard InChI is InChI=1S/C22H24F3N3O4S/c1-2-33(30,31)28-15-20(32-19-9-4-3-8-18(19)28)21(29)27-12-10-26(11-13-27)17-7-5-6-16(14-17)22(23,24)25/h3-9,14,20H,2,10-13,15H2,1H3/t20-/m1/s1. The molecule has 33 heavy (non-hydrogen) atoms. The highest BCUT2D eigenvalue weighted by atomic mass is 32.2. The maximum atomic E-state index is 13.2. The predicted molar refractivity (Wildman–Crippen MR) is 118 cm³/mol. The van der Waals surface area contributed by atoms with E-state index >= 15 is 0 Å². The summed E-state index contributed by atoms with van der Waals surface area (Å²) >= 11 is 0. The summed E-state index contributed by atoms with van der Waals surface area (Å²) in [6.45, 7) is 2.70. The molecule has 2 heterocycles. The zero-order valence-electron chi connectivity index (χ0n) is 18.0. The summed E-state index contributed by atoms with van der Waals surface area (Å²) < 4.78 is 71.4. The van der Waals surface area contributed by atoms with Crippen LogP contribution in [0.25, 0.3) is 0 Å². The van der Waals surface area contributed by atoms with Gasteiger partial charge in [-0.1, -0.05) is 18.2 Å². The Bertz CT molecular complexity index is 1130. The van der Waals surface area contributed by atoms with Crippen LogP contribution < -0.4 is 13.9 Å². The Hall–Kier alpha value is -2.95. The number of nitrogens with zero attached hydrogens (tertiary/aromatic N) is 3. The number of hydrogen-bond donors (Lipinski definition) is 0. The Morgan fingerprint density at radius 1 is 1.06 bits per heavy atom. The number of alkyl halides is 3. The number of piperazine rings is 1. The average Bonchev–Trinajstić information content (AvgIpc) is 2.82. The van der Waals surface area contributed by atoms with Gasteiger partial charge >= 0.3 is 6.18 Å². The van der Waals surface area contributed by atoms with Crippen LogP contribution in [0.15, 0.2) is 48.5 Å². The van der Waals surface area contributed by atoms with E-state index in [9.17, 15) is 26.4 Å². The van der Waals surface area contributed by atoms with E-state index in [0.29, 0.717) is 30.2 Å². The molecule has 178 valence electrons. The molecule has 0 bridgehead atoms. The fourth-order valence-electron chi connectivity index (χ4n) is 4.02. The van der Waals surface area contributed by atoms with Crippen LogP contribution in [0.5, 0.6) is 5.75 Å². The lowest BCUT2D eigenvalue weighted by Gasteiger charge is -2.40. The number of carbonyl (C=O) groups is 1. The number of rotatable bonds is 4. The van der Waals surface area contributed by atoms with Crippen molar-refractivity contribution in [2.75, 3.05) is 47.7 Å². The molecule has 7 nitrogen and oxygen atoms in total. The number of anilines is 2. The van der Waals surface area contributed by atoms with Gasteiger partial charge in [0.25, 0.3) is 5.91 Å². The van der Waals surface area contributed by atoms with Crippen molar-refractivity contribution >= 4 is 27.3 Å². The molecule has 0 spiro atoms. The number of para-hydroxylation sites is 2. The maximum Gasteiger partial charge on any atom is 0.416 e. The predicted octanol–water partition coefficient (Wildman–Crippen LogP) is 2.97. The molecule has 1 saturated heterocycles. The van der Waals surface area contributed by atoms with E-state index in [2.05, 4.69) is 0 Å². The van der Waals surface area contributed by atoms with Gasteiger partial charge in [-0.3, -0.25) is 9.10 Å². The summed E-state index contributed by atoms with van der Waals surface area (Å²) in [6, 6.07) is 11.8. The van der Waals surface area contributed by atoms with Crippen LogP contribution in [0.3, 0.4) is 0 Å². The molecule has 0 aromatic heterocycles. The van der Waals surface area contributed by atoms with Crippen LogP contribution in [-0.2, 0) is 21.0 Å². The Morgan fingerprint density at radius 3 is 2.42 bits per heavy atom. The topological polar surface area (TPSA) is 70.2 Å². The number of hydrogen-bond acceptors (Lipinski definition) is 5. The third-order valence-corrected chi connectivity index (χ3v) is 7.59. The molecule has 4 rings (SSSR count). The van der Waals surface area contributed by atoms with Gasteiger partial charge in [-0.15, -0.1) is 0 Å². The summed E-state index contributed by atoms with van der Waals surface area (Å²) in [4.78, 5) is 16.5. The van der Waals surface area contributed by atoms with E-state index in [1.807, 2.05) is 0 Å². The zero-order valence-corrected chi connectivity index (χ0v) is 18.8. The Balaban J connectivity index is 1.46. The lowest BCUT2D eigenvalue weighted by molar-refractivity contribution is -0.139. The summed E-state index contributed by atoms with van der Waals surface area (Å²) in [7, 11) is -3.61. The molecule has 2 aliphatic heterocycles. The summed E-state index contributed by atoms with van der Waals surface area (Å²) in [6.07, 6.45) is -5.42. The first kappa shape index (κ1) is 23.2. The third kappa shape index (κ3) is 4.73. The van der Waals surface area contributed by atoms with Gasteiger partial charge in [0.2, 0.25) is 10.0 Å². The van der Waals surface area contributed by atoms with Crippen LogP contribution in [0.1, 0.15) is 12.5 Å². The number of sulfonamides is 1. The number of benzene rings is 2. The van der Waals surface area contributed by atoms with Gasteiger partial charge in [-0.25, -0.2) is 8.42 Å². The van der Waals surface area contributed by atoms with Gasteiger partial charge in [-0.05, 0) is 37.3 Å². The number of ether oxygens (including phenoxy) is 1. The second-order valence-corrected chi connectivity index (χ2v) is 10.0. The van der Waals surface area contributed by atoms with Crippen molar-refractivity contribution in [3.8, 4) is 5.75 Å². The van der Waals surface area contributed by atoms with Crippen molar-refractivity contribution < 1.29 is 31.1 Å². The SMILES string of the molecule is CCS(=O)(=O)N1C[C@H](C(=O)N2CCN(c3cccc(C(F)(F)F)c3)CC2)Oc2ccccc21. The molecular formula is C22H24F3N3O4S. The number of carbonyl (C=O) groups excluding carboxylic acids is 1. The summed E-state index contributed by atoms with van der Waals surface area (Å²) in [5.74, 6) is -0.135. The van der Waals surface area contributed by atoms with Gasteiger partial charge in [0.1, 0.15) is 5.75 Å². The van der Waals surface area contributed by atoms with Crippen molar-refractivity contribution in [3.05, 3.63) is 54.1 Å². The second kappa shape index (κ2) is 8.77. The lowest BCUT2D eigenvalue weighted by Crippen LogP contribution is -2.56. The minimum Gasteiger partial charge on any atom is -0.476 e. The molecule has 2 aromatic rings. The summed E-state index contributed by atoms with van der Waals surface area (Å²) in [5, 5.41) is 0. The van der Waals surface area contributed by atoms with Crippen LogP contribution >= 0.6 is 0 Å². The zero-order chi connectivity index (χ0) is 23.8. The second-order valence-electron chi connectivity index (χ2n) is 7.87. The van der Waals surface area contributed by atoms with E-state index in [1.54, 1.807) is 40.1 Å². The largest absolute Gasteiger partial charge is 0.476 e. The fraction of sp³-hybridized carbons (Fsp3) is 0.409. The monoisotopic (exact) mass is 483 g/mol. The molecule has 0 saturated carbocycles. The highest BCUT2D eigenvalue weighted by Gasteiger charge is 2.38. The maximum absolute atomic E-state index is 13.2. The van der Waals surface area contributed by atoms with Gasteiger partial charge in [0, 0.05) is 31.9 Å². The van der Waals surface area contributed by atoms with Crippen molar-refractivity contribution in [2.24, 2.45) is 0 Å². The van der Waals surface area contributed by atoms with Gasteiger partial charge in [-0.2, -0.15) is 13.2 Å². The van der Waals surface area contributed by atoms with E-state index in [1.165, 1.54) is 17.3 Å². The summed E-state index contributed by atoms with van der Waals surface area (Å²) in [5.41, 5.74) is 0.128. The Kier molecular flexibility index (Phi) is 6.17. The highest BCUT2D eigenvalue weighted by molar-refractivity contribution is 7.92. The number of fused-ring (bicyclic) bond motifs is 1. The molecule has 2 aromatic carbocycles. The molecule has 2 aliphatic rings. The fourth-order valence-corrected chi connectivity index (χ4v) is 5.14.